The van der Waals surface area contributed by atoms with Gasteiger partial charge in [0.1, 0.15) is 0 Å². The summed E-state index contributed by atoms with van der Waals surface area (Å²) in [4.78, 5) is 14.0. The van der Waals surface area contributed by atoms with Gasteiger partial charge in [-0.2, -0.15) is 0 Å². The van der Waals surface area contributed by atoms with Crippen molar-refractivity contribution in [3.05, 3.63) is 0 Å². The van der Waals surface area contributed by atoms with Gasteiger partial charge in [0.15, 0.2) is 5.84 Å². The van der Waals surface area contributed by atoms with E-state index < -0.39 is 5.92 Å². The van der Waals surface area contributed by atoms with E-state index >= 15 is 0 Å². The number of amides is 1. The Balaban J connectivity index is 2.70. The molecule has 0 spiro atoms. The predicted molar refractivity (Wildman–Crippen MR) is 62.2 cm³/mol. The van der Waals surface area contributed by atoms with Crippen LogP contribution in [0.4, 0.5) is 0 Å². The summed E-state index contributed by atoms with van der Waals surface area (Å²) in [6, 6.07) is 0.254. The lowest BCUT2D eigenvalue weighted by atomic mass is 10.1. The minimum Gasteiger partial charge on any atom is -0.409 e. The van der Waals surface area contributed by atoms with Crippen molar-refractivity contribution in [2.75, 3.05) is 6.54 Å². The van der Waals surface area contributed by atoms with Crippen molar-refractivity contribution < 1.29 is 10.0 Å². The lowest BCUT2D eigenvalue weighted by Gasteiger charge is -2.29. The van der Waals surface area contributed by atoms with E-state index in [0.717, 1.165) is 19.4 Å². The van der Waals surface area contributed by atoms with Crippen molar-refractivity contribution in [3.8, 4) is 0 Å². The Kier molecular flexibility index (Phi) is 4.58. The highest BCUT2D eigenvalue weighted by atomic mass is 16.4. The van der Waals surface area contributed by atoms with Gasteiger partial charge in [0.25, 0.3) is 0 Å². The molecule has 16 heavy (non-hydrogen) atoms. The van der Waals surface area contributed by atoms with Crippen LogP contribution in [0.1, 0.15) is 39.5 Å². The molecule has 1 aliphatic heterocycles. The van der Waals surface area contributed by atoms with Gasteiger partial charge in [-0.1, -0.05) is 18.0 Å². The Morgan fingerprint density at radius 3 is 2.81 bits per heavy atom. The average Bonchev–Trinajstić information content (AvgIpc) is 2.51. The maximum absolute atomic E-state index is 12.1. The Labute approximate surface area is 96.3 Å². The molecular weight excluding hydrogens is 206 g/mol. The van der Waals surface area contributed by atoms with Crippen LogP contribution < -0.4 is 5.73 Å². The molecule has 1 fully saturated rings. The third-order valence-electron chi connectivity index (χ3n) is 3.27. The van der Waals surface area contributed by atoms with Gasteiger partial charge >= 0.3 is 0 Å². The van der Waals surface area contributed by atoms with Crippen LogP contribution in [0.15, 0.2) is 5.16 Å². The first-order valence-corrected chi connectivity index (χ1v) is 5.85. The number of nitrogens with two attached hydrogens (primary N) is 1. The molecule has 1 amide bonds. The van der Waals surface area contributed by atoms with Crippen molar-refractivity contribution in [2.45, 2.75) is 45.6 Å². The molecule has 0 saturated carbocycles. The molecule has 3 N–H and O–H groups in total. The third kappa shape index (κ3) is 2.87. The predicted octanol–water partition coefficient (Wildman–Crippen LogP) is 1.16. The molecule has 0 radical (unpaired) electrons. The summed E-state index contributed by atoms with van der Waals surface area (Å²) < 4.78 is 0. The third-order valence-corrected chi connectivity index (χ3v) is 3.27. The highest BCUT2D eigenvalue weighted by Gasteiger charge is 2.27. The molecule has 0 aromatic rings. The molecule has 5 heteroatoms. The van der Waals surface area contributed by atoms with Gasteiger partial charge in [-0.05, 0) is 26.7 Å². The van der Waals surface area contributed by atoms with Gasteiger partial charge in [0, 0.05) is 12.6 Å². The maximum Gasteiger partial charge on any atom is 0.233 e. The number of oxime groups is 1. The molecule has 5 nitrogen and oxygen atoms in total. The van der Waals surface area contributed by atoms with Crippen LogP contribution in [-0.4, -0.2) is 34.4 Å². The lowest BCUT2D eigenvalue weighted by molar-refractivity contribution is -0.134. The molecule has 1 aliphatic rings. The molecular formula is C11H21N3O2. The van der Waals surface area contributed by atoms with Crippen LogP contribution in [-0.2, 0) is 4.79 Å². The first-order valence-electron chi connectivity index (χ1n) is 5.85. The largest absolute Gasteiger partial charge is 0.409 e. The van der Waals surface area contributed by atoms with Gasteiger partial charge in [-0.25, -0.2) is 0 Å². The highest BCUT2D eigenvalue weighted by Crippen LogP contribution is 2.18. The minimum absolute atomic E-state index is 0.0125. The molecule has 0 aliphatic carbocycles. The molecule has 0 aromatic heterocycles. The summed E-state index contributed by atoms with van der Waals surface area (Å²) in [6.07, 6.45) is 4.42. The second-order valence-electron chi connectivity index (χ2n) is 4.48. The van der Waals surface area contributed by atoms with Crippen LogP contribution in [0.5, 0.6) is 0 Å². The second-order valence-corrected chi connectivity index (χ2v) is 4.48. The van der Waals surface area contributed by atoms with Crippen LogP contribution in [0, 0.1) is 5.92 Å². The van der Waals surface area contributed by atoms with Crippen LogP contribution in [0.25, 0.3) is 0 Å². The number of hydrogen-bond acceptors (Lipinski definition) is 3. The van der Waals surface area contributed by atoms with E-state index in [9.17, 15) is 4.79 Å². The first-order chi connectivity index (χ1) is 7.57. The number of carbonyl (C=O) groups is 1. The fourth-order valence-corrected chi connectivity index (χ4v) is 2.06. The van der Waals surface area contributed by atoms with E-state index in [1.165, 1.54) is 12.8 Å². The monoisotopic (exact) mass is 227 g/mol. The van der Waals surface area contributed by atoms with Crippen LogP contribution >= 0.6 is 0 Å². The van der Waals surface area contributed by atoms with Crippen molar-refractivity contribution in [2.24, 2.45) is 16.8 Å². The number of rotatable bonds is 2. The molecule has 0 aromatic carbocycles. The molecule has 2 unspecified atom stereocenters. The van der Waals surface area contributed by atoms with Gasteiger partial charge < -0.3 is 15.8 Å². The standard InChI is InChI=1S/C11H21N3O2/c1-8-6-4-3-5-7-14(8)11(15)9(2)10(12)13-16/h8-9,16H,3-7H2,1-2H3,(H2,12,13). The SMILES string of the molecule is CC(C(=O)N1CCCCCC1C)C(N)=NO. The van der Waals surface area contributed by atoms with E-state index in [0.29, 0.717) is 0 Å². The van der Waals surface area contributed by atoms with E-state index in [4.69, 9.17) is 10.9 Å². The molecule has 0 bridgehead atoms. The van der Waals surface area contributed by atoms with E-state index in [1.807, 2.05) is 4.90 Å². The van der Waals surface area contributed by atoms with Crippen molar-refractivity contribution in [3.63, 3.8) is 0 Å². The van der Waals surface area contributed by atoms with Crippen molar-refractivity contribution >= 4 is 11.7 Å². The zero-order valence-electron chi connectivity index (χ0n) is 10.0. The number of carbonyl (C=O) groups excluding carboxylic acids is 1. The number of nitrogens with zero attached hydrogens (tertiary/aromatic N) is 2. The zero-order valence-corrected chi connectivity index (χ0v) is 10.0. The van der Waals surface area contributed by atoms with Gasteiger partial charge in [0.2, 0.25) is 5.91 Å². The summed E-state index contributed by atoms with van der Waals surface area (Å²) in [5, 5.41) is 11.5. The smallest absolute Gasteiger partial charge is 0.233 e. The first kappa shape index (κ1) is 12.8. The fourth-order valence-electron chi connectivity index (χ4n) is 2.06. The number of likely N-dealkylation sites (tertiary alicyclic amines) is 1. The fraction of sp³-hybridized carbons (Fsp3) is 0.818. The molecule has 1 rings (SSSR count). The van der Waals surface area contributed by atoms with Crippen molar-refractivity contribution in [1.82, 2.24) is 4.90 Å². The summed E-state index contributed by atoms with van der Waals surface area (Å²) in [5.41, 5.74) is 5.46. The second kappa shape index (κ2) is 5.72. The number of hydrogen-bond donors (Lipinski definition) is 2. The van der Waals surface area contributed by atoms with Crippen LogP contribution in [0.3, 0.4) is 0 Å². The Morgan fingerprint density at radius 1 is 1.50 bits per heavy atom. The van der Waals surface area contributed by atoms with Gasteiger partial charge in [0.05, 0.1) is 5.92 Å². The zero-order chi connectivity index (χ0) is 12.1. The lowest BCUT2D eigenvalue weighted by Crippen LogP contribution is -2.44. The topological polar surface area (TPSA) is 78.9 Å². The Hall–Kier alpha value is -1.26. The highest BCUT2D eigenvalue weighted by molar-refractivity contribution is 6.01. The molecule has 1 heterocycles. The summed E-state index contributed by atoms with van der Waals surface area (Å²) in [6.45, 7) is 4.51. The molecule has 92 valence electrons. The van der Waals surface area contributed by atoms with E-state index in [2.05, 4.69) is 12.1 Å². The van der Waals surface area contributed by atoms with Crippen molar-refractivity contribution in [1.29, 1.82) is 0 Å². The summed E-state index contributed by atoms with van der Waals surface area (Å²) in [7, 11) is 0. The Morgan fingerprint density at radius 2 is 2.19 bits per heavy atom. The molecule has 1 saturated heterocycles. The quantitative estimate of drug-likeness (QED) is 0.321. The average molecular weight is 227 g/mol. The van der Waals surface area contributed by atoms with Crippen LogP contribution in [0.2, 0.25) is 0 Å². The van der Waals surface area contributed by atoms with E-state index in [-0.39, 0.29) is 17.8 Å². The summed E-state index contributed by atoms with van der Waals surface area (Å²) >= 11 is 0. The molecule has 2 atom stereocenters. The Bertz CT molecular complexity index is 278. The van der Waals surface area contributed by atoms with E-state index in [1.54, 1.807) is 6.92 Å². The van der Waals surface area contributed by atoms with Gasteiger partial charge in [-0.15, -0.1) is 0 Å². The maximum atomic E-state index is 12.1. The minimum atomic E-state index is -0.537. The summed E-state index contributed by atoms with van der Waals surface area (Å²) in [5.74, 6) is -0.586. The number of amidine groups is 1. The normalized spacial score (nSPS) is 25.0. The van der Waals surface area contributed by atoms with Gasteiger partial charge in [-0.3, -0.25) is 4.79 Å².